The zero-order valence-corrected chi connectivity index (χ0v) is 25.3. The molecule has 0 unspecified atom stereocenters. The Balaban J connectivity index is 1.48. The van der Waals surface area contributed by atoms with Gasteiger partial charge in [0.1, 0.15) is 34.3 Å². The number of benzene rings is 1. The van der Waals surface area contributed by atoms with Crippen molar-refractivity contribution in [1.29, 1.82) is 0 Å². The van der Waals surface area contributed by atoms with Crippen molar-refractivity contribution in [3.05, 3.63) is 34.8 Å². The number of hydrogen-bond donors (Lipinski definition) is 2. The Morgan fingerprint density at radius 1 is 1.21 bits per heavy atom. The second kappa shape index (κ2) is 11.0. The lowest BCUT2D eigenvalue weighted by Crippen LogP contribution is -2.54. The van der Waals surface area contributed by atoms with Crippen LogP contribution in [-0.2, 0) is 20.5 Å². The van der Waals surface area contributed by atoms with E-state index in [9.17, 15) is 32.7 Å². The molecule has 2 aliphatic rings. The first-order chi connectivity index (χ1) is 19.8. The standard InChI is InChI=1S/C26H24F3IN4O7S/c1-11-16(39-2)5-4-13-17(7-14(31-20(11)13)21-32-19(10-42-21)26(27,28)29)41-12-6-15(22(35)36)34(9-12)24(38)33-25(8-18(25)30)23(37)40-3/h4-5,7,10,12,15,18H,6,8-9H2,1-3H3,(H,33,38)(H,35,36)/t12-,15-,18+,25+/m0/s1. The summed E-state index contributed by atoms with van der Waals surface area (Å²) in [6.45, 7) is 1.61. The molecule has 1 saturated carbocycles. The number of carbonyl (C=O) groups is 3. The fourth-order valence-corrected chi connectivity index (χ4v) is 6.80. The number of urea groups is 1. The summed E-state index contributed by atoms with van der Waals surface area (Å²) in [5, 5.41) is 13.9. The molecule has 11 nitrogen and oxygen atoms in total. The molecule has 2 N–H and O–H groups in total. The highest BCUT2D eigenvalue weighted by Gasteiger charge is 2.62. The van der Waals surface area contributed by atoms with Crippen LogP contribution >= 0.6 is 33.9 Å². The summed E-state index contributed by atoms with van der Waals surface area (Å²) >= 11 is 2.79. The number of esters is 1. The summed E-state index contributed by atoms with van der Waals surface area (Å²) in [5.41, 5.74) is -1.15. The van der Waals surface area contributed by atoms with Crippen molar-refractivity contribution >= 4 is 62.8 Å². The number of alkyl halides is 4. The fourth-order valence-electron chi connectivity index (χ4n) is 4.91. The molecule has 1 aromatic carbocycles. The molecule has 4 atom stereocenters. The Labute approximate surface area is 254 Å². The van der Waals surface area contributed by atoms with Crippen LogP contribution in [0.5, 0.6) is 11.5 Å². The van der Waals surface area contributed by atoms with Crippen LogP contribution in [0.3, 0.4) is 0 Å². The van der Waals surface area contributed by atoms with Gasteiger partial charge in [0.05, 0.1) is 26.3 Å². The van der Waals surface area contributed by atoms with E-state index < -0.39 is 47.5 Å². The fraction of sp³-hybridized carbons (Fsp3) is 0.423. The smallest absolute Gasteiger partial charge is 0.434 e. The minimum atomic E-state index is -4.63. The first kappa shape index (κ1) is 30.1. The third kappa shape index (κ3) is 5.41. The quantitative estimate of drug-likeness (QED) is 0.206. The first-order valence-electron chi connectivity index (χ1n) is 12.5. The molecule has 2 amide bonds. The summed E-state index contributed by atoms with van der Waals surface area (Å²) in [6.07, 6.45) is -5.17. The van der Waals surface area contributed by atoms with Gasteiger partial charge in [0.15, 0.2) is 11.2 Å². The van der Waals surface area contributed by atoms with E-state index in [1.54, 1.807) is 19.1 Å². The largest absolute Gasteiger partial charge is 0.496 e. The van der Waals surface area contributed by atoms with Crippen molar-refractivity contribution in [3.63, 3.8) is 0 Å². The number of amides is 2. The number of methoxy groups -OCH3 is 2. The molecule has 2 aromatic heterocycles. The maximum atomic E-state index is 13.3. The summed E-state index contributed by atoms with van der Waals surface area (Å²) < 4.78 is 56.0. The average Bonchev–Trinajstić information content (AvgIpc) is 3.31. The van der Waals surface area contributed by atoms with E-state index >= 15 is 0 Å². The van der Waals surface area contributed by atoms with Crippen molar-refractivity contribution in [2.24, 2.45) is 0 Å². The van der Waals surface area contributed by atoms with E-state index in [4.69, 9.17) is 14.2 Å². The SMILES string of the molecule is COC(=O)[C@@]1(NC(=O)N2C[C@@H](Oc3cc(-c4nc(C(F)(F)F)cs4)nc4c(C)c(OC)ccc34)C[C@H]2C(=O)O)C[C@H]1I. The highest BCUT2D eigenvalue weighted by atomic mass is 127. The van der Waals surface area contributed by atoms with E-state index in [2.05, 4.69) is 15.3 Å². The molecule has 3 heterocycles. The number of nitrogens with zero attached hydrogens (tertiary/aromatic N) is 3. The molecular formula is C26H24F3IN4O7S. The monoisotopic (exact) mass is 720 g/mol. The molecule has 224 valence electrons. The number of carbonyl (C=O) groups excluding carboxylic acids is 2. The van der Waals surface area contributed by atoms with Crippen molar-refractivity contribution in [2.45, 2.75) is 47.6 Å². The van der Waals surface area contributed by atoms with Gasteiger partial charge in [-0.25, -0.2) is 24.4 Å². The van der Waals surface area contributed by atoms with Gasteiger partial charge in [0.25, 0.3) is 0 Å². The van der Waals surface area contributed by atoms with E-state index in [-0.39, 0.29) is 33.3 Å². The number of aromatic nitrogens is 2. The van der Waals surface area contributed by atoms with Crippen LogP contribution in [0.4, 0.5) is 18.0 Å². The van der Waals surface area contributed by atoms with Gasteiger partial charge in [-0.05, 0) is 25.5 Å². The van der Waals surface area contributed by atoms with Gasteiger partial charge >= 0.3 is 24.1 Å². The summed E-state index contributed by atoms with van der Waals surface area (Å²) in [5.74, 6) is -1.16. The van der Waals surface area contributed by atoms with Gasteiger partial charge in [-0.1, -0.05) is 22.6 Å². The highest BCUT2D eigenvalue weighted by Crippen LogP contribution is 2.44. The molecule has 3 aromatic rings. The molecular weight excluding hydrogens is 696 g/mol. The van der Waals surface area contributed by atoms with Crippen molar-refractivity contribution in [1.82, 2.24) is 20.2 Å². The zero-order chi connectivity index (χ0) is 30.6. The molecule has 42 heavy (non-hydrogen) atoms. The van der Waals surface area contributed by atoms with Gasteiger partial charge < -0.3 is 29.5 Å². The predicted molar refractivity (Wildman–Crippen MR) is 152 cm³/mol. The van der Waals surface area contributed by atoms with Crippen LogP contribution in [0, 0.1) is 6.92 Å². The van der Waals surface area contributed by atoms with Gasteiger partial charge in [0, 0.05) is 32.7 Å². The number of rotatable bonds is 7. The minimum absolute atomic E-state index is 0.0121. The van der Waals surface area contributed by atoms with Crippen LogP contribution in [0.1, 0.15) is 24.1 Å². The van der Waals surface area contributed by atoms with Gasteiger partial charge in [-0.15, -0.1) is 11.3 Å². The lowest BCUT2D eigenvalue weighted by atomic mass is 10.1. The number of ether oxygens (including phenoxy) is 3. The topological polar surface area (TPSA) is 140 Å². The Kier molecular flexibility index (Phi) is 7.88. The lowest BCUT2D eigenvalue weighted by Gasteiger charge is -2.25. The second-order valence-electron chi connectivity index (χ2n) is 9.88. The maximum absolute atomic E-state index is 13.3. The number of halogens is 4. The average molecular weight is 720 g/mol. The van der Waals surface area contributed by atoms with E-state index in [0.717, 1.165) is 21.6 Å². The Bertz CT molecular complexity index is 1590. The number of thiazole rings is 1. The third-order valence-electron chi connectivity index (χ3n) is 7.24. The molecule has 1 saturated heterocycles. The van der Waals surface area contributed by atoms with E-state index in [1.165, 1.54) is 20.3 Å². The zero-order valence-electron chi connectivity index (χ0n) is 22.3. The predicted octanol–water partition coefficient (Wildman–Crippen LogP) is 4.43. The maximum Gasteiger partial charge on any atom is 0.434 e. The number of fused-ring (bicyclic) bond motifs is 1. The lowest BCUT2D eigenvalue weighted by molar-refractivity contribution is -0.144. The molecule has 0 radical (unpaired) electrons. The molecule has 1 aliphatic heterocycles. The second-order valence-corrected chi connectivity index (χ2v) is 12.2. The Morgan fingerprint density at radius 2 is 1.93 bits per heavy atom. The van der Waals surface area contributed by atoms with Crippen LogP contribution in [0.15, 0.2) is 23.6 Å². The van der Waals surface area contributed by atoms with E-state index in [0.29, 0.717) is 28.6 Å². The van der Waals surface area contributed by atoms with Crippen LogP contribution in [0.2, 0.25) is 0 Å². The number of carboxylic acid groups (broad SMARTS) is 1. The minimum Gasteiger partial charge on any atom is -0.496 e. The number of carboxylic acids is 1. The number of nitrogens with one attached hydrogen (secondary N) is 1. The highest BCUT2D eigenvalue weighted by molar-refractivity contribution is 14.1. The number of aryl methyl sites for hydroxylation is 1. The van der Waals surface area contributed by atoms with Crippen LogP contribution in [0.25, 0.3) is 21.6 Å². The number of likely N-dealkylation sites (tertiary alicyclic amines) is 1. The van der Waals surface area contributed by atoms with Crippen molar-refractivity contribution < 1.29 is 46.9 Å². The number of pyridine rings is 1. The molecule has 2 fully saturated rings. The Hall–Kier alpha value is -3.41. The molecule has 0 bridgehead atoms. The molecule has 0 spiro atoms. The van der Waals surface area contributed by atoms with Gasteiger partial charge in [-0.3, -0.25) is 0 Å². The van der Waals surface area contributed by atoms with Gasteiger partial charge in [0.2, 0.25) is 0 Å². The summed E-state index contributed by atoms with van der Waals surface area (Å²) in [6, 6.07) is 2.81. The first-order valence-corrected chi connectivity index (χ1v) is 14.6. The number of aliphatic carboxylic acids is 1. The normalized spacial score (nSPS) is 23.5. The van der Waals surface area contributed by atoms with E-state index in [1.807, 2.05) is 22.6 Å². The van der Waals surface area contributed by atoms with Crippen LogP contribution < -0.4 is 14.8 Å². The molecule has 5 rings (SSSR count). The number of hydrogen-bond acceptors (Lipinski definition) is 9. The van der Waals surface area contributed by atoms with Crippen LogP contribution in [-0.4, -0.2) is 80.3 Å². The molecule has 16 heteroatoms. The third-order valence-corrected chi connectivity index (χ3v) is 9.61. The summed E-state index contributed by atoms with van der Waals surface area (Å²) in [4.78, 5) is 47.0. The van der Waals surface area contributed by atoms with Gasteiger partial charge in [-0.2, -0.15) is 13.2 Å². The van der Waals surface area contributed by atoms with Crippen molar-refractivity contribution in [2.75, 3.05) is 20.8 Å². The Morgan fingerprint density at radius 3 is 2.50 bits per heavy atom. The molecule has 1 aliphatic carbocycles. The summed E-state index contributed by atoms with van der Waals surface area (Å²) in [7, 11) is 2.68. The van der Waals surface area contributed by atoms with Crippen molar-refractivity contribution in [3.8, 4) is 22.2 Å².